The molecular weight excluding hydrogens is 212 g/mol. The van der Waals surface area contributed by atoms with Crippen LogP contribution >= 0.6 is 12.2 Å². The van der Waals surface area contributed by atoms with Crippen LogP contribution in [0, 0.1) is 0 Å². The standard InChI is InChI=1S/C15H12S/c16-12-15(14-9-5-2-6-10-14)11-13-7-3-1-4-8-13/h1-12H. The molecule has 0 nitrogen and oxygen atoms in total. The van der Waals surface area contributed by atoms with E-state index in [4.69, 9.17) is 12.2 Å². The van der Waals surface area contributed by atoms with Crippen LogP contribution in [-0.4, -0.2) is 5.37 Å². The number of allylic oxidation sites excluding steroid dienone is 1. The van der Waals surface area contributed by atoms with Gasteiger partial charge in [-0.2, -0.15) is 0 Å². The molecule has 0 saturated heterocycles. The van der Waals surface area contributed by atoms with Crippen LogP contribution in [0.15, 0.2) is 60.7 Å². The van der Waals surface area contributed by atoms with Crippen molar-refractivity contribution in [2.45, 2.75) is 0 Å². The zero-order chi connectivity index (χ0) is 11.2. The molecule has 0 aliphatic rings. The van der Waals surface area contributed by atoms with E-state index in [-0.39, 0.29) is 0 Å². The van der Waals surface area contributed by atoms with E-state index in [2.05, 4.69) is 30.3 Å². The number of hydrogen-bond acceptors (Lipinski definition) is 1. The summed E-state index contributed by atoms with van der Waals surface area (Å²) in [6, 6.07) is 20.4. The van der Waals surface area contributed by atoms with Crippen molar-refractivity contribution in [2.75, 3.05) is 0 Å². The van der Waals surface area contributed by atoms with E-state index in [1.165, 1.54) is 5.56 Å². The molecule has 2 rings (SSSR count). The first-order chi connectivity index (χ1) is 7.90. The van der Waals surface area contributed by atoms with Gasteiger partial charge in [0.1, 0.15) is 0 Å². The predicted molar refractivity (Wildman–Crippen MR) is 74.4 cm³/mol. The predicted octanol–water partition coefficient (Wildman–Crippen LogP) is 4.23. The van der Waals surface area contributed by atoms with Gasteiger partial charge < -0.3 is 0 Å². The van der Waals surface area contributed by atoms with Gasteiger partial charge in [0.25, 0.3) is 0 Å². The lowest BCUT2D eigenvalue weighted by atomic mass is 10.0. The highest BCUT2D eigenvalue weighted by molar-refractivity contribution is 7.79. The molecule has 0 atom stereocenters. The molecule has 0 aliphatic carbocycles. The number of rotatable bonds is 3. The molecule has 0 spiro atoms. The van der Waals surface area contributed by atoms with E-state index in [0.29, 0.717) is 0 Å². The summed E-state index contributed by atoms with van der Waals surface area (Å²) in [5.74, 6) is 0. The van der Waals surface area contributed by atoms with Crippen molar-refractivity contribution in [2.24, 2.45) is 0 Å². The Balaban J connectivity index is 2.38. The van der Waals surface area contributed by atoms with Crippen LogP contribution in [0.1, 0.15) is 11.1 Å². The van der Waals surface area contributed by atoms with Crippen molar-refractivity contribution in [3.05, 3.63) is 71.8 Å². The maximum atomic E-state index is 5.06. The molecular formula is C15H12S. The van der Waals surface area contributed by atoms with Crippen molar-refractivity contribution in [3.8, 4) is 0 Å². The molecule has 0 aromatic heterocycles. The van der Waals surface area contributed by atoms with Crippen LogP contribution in [0.5, 0.6) is 0 Å². The third-order valence-corrected chi connectivity index (χ3v) is 2.61. The van der Waals surface area contributed by atoms with Gasteiger partial charge in [0.15, 0.2) is 0 Å². The van der Waals surface area contributed by atoms with Gasteiger partial charge in [0, 0.05) is 5.37 Å². The second kappa shape index (κ2) is 5.38. The number of hydrogen-bond donors (Lipinski definition) is 0. The van der Waals surface area contributed by atoms with Gasteiger partial charge in [0.2, 0.25) is 0 Å². The Morgan fingerprint density at radius 3 is 1.94 bits per heavy atom. The van der Waals surface area contributed by atoms with Gasteiger partial charge in [-0.25, -0.2) is 0 Å². The largest absolute Gasteiger partial charge is 0.0881 e. The molecule has 0 N–H and O–H groups in total. The summed E-state index contributed by atoms with van der Waals surface area (Å²) >= 11 is 5.06. The Morgan fingerprint density at radius 1 is 0.812 bits per heavy atom. The molecule has 0 fully saturated rings. The normalized spacial score (nSPS) is 11.1. The Hall–Kier alpha value is -1.73. The van der Waals surface area contributed by atoms with Crippen LogP contribution < -0.4 is 0 Å². The van der Waals surface area contributed by atoms with Gasteiger partial charge >= 0.3 is 0 Å². The summed E-state index contributed by atoms with van der Waals surface area (Å²) in [5, 5.41) is 1.72. The van der Waals surface area contributed by atoms with Crippen molar-refractivity contribution in [1.29, 1.82) is 0 Å². The summed E-state index contributed by atoms with van der Waals surface area (Å²) < 4.78 is 0. The topological polar surface area (TPSA) is 0 Å². The van der Waals surface area contributed by atoms with E-state index >= 15 is 0 Å². The molecule has 78 valence electrons. The third kappa shape index (κ3) is 2.65. The van der Waals surface area contributed by atoms with Crippen molar-refractivity contribution in [1.82, 2.24) is 0 Å². The molecule has 0 heterocycles. The number of benzene rings is 2. The van der Waals surface area contributed by atoms with Crippen molar-refractivity contribution >= 4 is 29.2 Å². The molecule has 0 bridgehead atoms. The Bertz CT molecular complexity index is 483. The summed E-state index contributed by atoms with van der Waals surface area (Å²) in [7, 11) is 0. The second-order valence-corrected chi connectivity index (χ2v) is 3.73. The first-order valence-electron chi connectivity index (χ1n) is 5.17. The van der Waals surface area contributed by atoms with E-state index in [1.807, 2.05) is 36.4 Å². The molecule has 1 heteroatoms. The monoisotopic (exact) mass is 224 g/mol. The summed E-state index contributed by atoms with van der Waals surface area (Å²) in [6.45, 7) is 0. The first kappa shape index (κ1) is 10.8. The molecule has 2 aromatic carbocycles. The minimum absolute atomic E-state index is 1.07. The summed E-state index contributed by atoms with van der Waals surface area (Å²) in [4.78, 5) is 0. The van der Waals surface area contributed by atoms with Crippen LogP contribution in [0.4, 0.5) is 0 Å². The average molecular weight is 224 g/mol. The van der Waals surface area contributed by atoms with Crippen LogP contribution in [-0.2, 0) is 0 Å². The Labute approximate surface area is 101 Å². The fraction of sp³-hybridized carbons (Fsp3) is 0. The molecule has 16 heavy (non-hydrogen) atoms. The Kier molecular flexibility index (Phi) is 3.62. The first-order valence-corrected chi connectivity index (χ1v) is 5.64. The fourth-order valence-corrected chi connectivity index (χ4v) is 1.75. The van der Waals surface area contributed by atoms with Crippen LogP contribution in [0.25, 0.3) is 11.6 Å². The van der Waals surface area contributed by atoms with E-state index in [9.17, 15) is 0 Å². The smallest absolute Gasteiger partial charge is 0.00923 e. The zero-order valence-electron chi connectivity index (χ0n) is 8.84. The zero-order valence-corrected chi connectivity index (χ0v) is 9.65. The Morgan fingerprint density at radius 2 is 1.38 bits per heavy atom. The maximum Gasteiger partial charge on any atom is 0.00923 e. The minimum Gasteiger partial charge on any atom is -0.0881 e. The highest BCUT2D eigenvalue weighted by atomic mass is 32.1. The van der Waals surface area contributed by atoms with Gasteiger partial charge in [-0.05, 0) is 22.8 Å². The van der Waals surface area contributed by atoms with Crippen molar-refractivity contribution < 1.29 is 0 Å². The SMILES string of the molecule is S=CC(=Cc1ccccc1)c1ccccc1. The fourth-order valence-electron chi connectivity index (χ4n) is 1.54. The maximum absolute atomic E-state index is 5.06. The number of thiocarbonyl (C=S) groups is 1. The van der Waals surface area contributed by atoms with Crippen LogP contribution in [0.2, 0.25) is 0 Å². The molecule has 0 unspecified atom stereocenters. The second-order valence-electron chi connectivity index (χ2n) is 3.49. The van der Waals surface area contributed by atoms with E-state index in [0.717, 1.165) is 11.1 Å². The molecule has 0 radical (unpaired) electrons. The van der Waals surface area contributed by atoms with Gasteiger partial charge in [-0.15, -0.1) is 0 Å². The van der Waals surface area contributed by atoms with Crippen LogP contribution in [0.3, 0.4) is 0 Å². The highest BCUT2D eigenvalue weighted by Crippen LogP contribution is 2.16. The summed E-state index contributed by atoms with van der Waals surface area (Å²) in [5.41, 5.74) is 3.39. The lowest BCUT2D eigenvalue weighted by molar-refractivity contribution is 1.63. The minimum atomic E-state index is 1.07. The molecule has 0 saturated carbocycles. The van der Waals surface area contributed by atoms with E-state index in [1.54, 1.807) is 5.37 Å². The van der Waals surface area contributed by atoms with Crippen molar-refractivity contribution in [3.63, 3.8) is 0 Å². The van der Waals surface area contributed by atoms with Gasteiger partial charge in [0.05, 0.1) is 0 Å². The lowest BCUT2D eigenvalue weighted by Gasteiger charge is -2.01. The third-order valence-electron chi connectivity index (χ3n) is 2.36. The lowest BCUT2D eigenvalue weighted by Crippen LogP contribution is -1.83. The quantitative estimate of drug-likeness (QED) is 0.427. The van der Waals surface area contributed by atoms with E-state index < -0.39 is 0 Å². The molecule has 0 aliphatic heterocycles. The highest BCUT2D eigenvalue weighted by Gasteiger charge is 1.96. The van der Waals surface area contributed by atoms with Gasteiger partial charge in [-0.1, -0.05) is 72.9 Å². The molecule has 0 amide bonds. The summed E-state index contributed by atoms with van der Waals surface area (Å²) in [6.07, 6.45) is 2.10. The molecule has 2 aromatic rings. The van der Waals surface area contributed by atoms with Gasteiger partial charge in [-0.3, -0.25) is 0 Å². The average Bonchev–Trinajstić information content (AvgIpc) is 2.38.